The first-order chi connectivity index (χ1) is 7.46. The molecule has 1 aromatic carbocycles. The second kappa shape index (κ2) is 4.40. The molecule has 0 fully saturated rings. The van der Waals surface area contributed by atoms with Gasteiger partial charge in [-0.25, -0.2) is 0 Å². The van der Waals surface area contributed by atoms with Gasteiger partial charge >= 0.3 is 12.4 Å². The van der Waals surface area contributed by atoms with Crippen molar-refractivity contribution in [2.24, 2.45) is 0 Å². The summed E-state index contributed by atoms with van der Waals surface area (Å²) in [5.74, 6) is 0. The monoisotopic (exact) mass is 316 g/mol. The second-order valence-electron chi connectivity index (χ2n) is 2.91. The third-order valence-electron chi connectivity index (χ3n) is 1.76. The number of halogens is 9. The van der Waals surface area contributed by atoms with Crippen LogP contribution < -0.4 is 0 Å². The van der Waals surface area contributed by atoms with Gasteiger partial charge in [-0.1, -0.05) is 34.8 Å². The Balaban J connectivity index is 3.63. The van der Waals surface area contributed by atoms with E-state index in [-0.39, 0.29) is 6.07 Å². The van der Waals surface area contributed by atoms with Gasteiger partial charge in [0.15, 0.2) is 0 Å². The van der Waals surface area contributed by atoms with Gasteiger partial charge in [0.25, 0.3) is 0 Å². The molecule has 0 bridgehead atoms. The molecule has 1 aromatic rings. The molecule has 0 radical (unpaired) electrons. The highest BCUT2D eigenvalue weighted by Crippen LogP contribution is 2.46. The Bertz CT molecular complexity index is 410. The van der Waals surface area contributed by atoms with Crippen LogP contribution in [0.3, 0.4) is 0 Å². The van der Waals surface area contributed by atoms with E-state index in [0.717, 1.165) is 0 Å². The maximum absolute atomic E-state index is 12.4. The van der Waals surface area contributed by atoms with Crippen molar-refractivity contribution >= 4 is 34.8 Å². The number of hydrogen-bond acceptors (Lipinski definition) is 0. The first-order valence-electron chi connectivity index (χ1n) is 3.78. The van der Waals surface area contributed by atoms with E-state index in [4.69, 9.17) is 34.8 Å². The molecule has 0 saturated carbocycles. The van der Waals surface area contributed by atoms with E-state index < -0.39 is 38.5 Å². The summed E-state index contributed by atoms with van der Waals surface area (Å²) >= 11 is 15.6. The SMILES string of the molecule is FC(F)(F)c1cc(C(F)(F)F)c(Cl)c(Cl)c1Cl. The zero-order chi connectivity index (χ0) is 13.6. The topological polar surface area (TPSA) is 0 Å². The number of hydrogen-bond donors (Lipinski definition) is 0. The molecule has 0 N–H and O–H groups in total. The standard InChI is InChI=1S/C8HCl3F6/c9-4-2(7(12,13)14)1-3(8(15,16)17)5(10)6(4)11/h1H. The normalized spacial score (nSPS) is 13.0. The molecule has 0 nitrogen and oxygen atoms in total. The van der Waals surface area contributed by atoms with Gasteiger partial charge in [0.2, 0.25) is 0 Å². The number of alkyl halides is 6. The Labute approximate surface area is 106 Å². The first kappa shape index (κ1) is 14.7. The molecule has 0 aliphatic heterocycles. The van der Waals surface area contributed by atoms with Gasteiger partial charge in [0, 0.05) is 0 Å². The van der Waals surface area contributed by atoms with E-state index in [9.17, 15) is 26.3 Å². The first-order valence-corrected chi connectivity index (χ1v) is 4.91. The number of benzene rings is 1. The smallest absolute Gasteiger partial charge is 0.166 e. The Morgan fingerprint density at radius 1 is 0.647 bits per heavy atom. The Morgan fingerprint density at radius 2 is 0.941 bits per heavy atom. The molecule has 0 unspecified atom stereocenters. The fraction of sp³-hybridized carbons (Fsp3) is 0.250. The number of rotatable bonds is 0. The van der Waals surface area contributed by atoms with E-state index in [1.807, 2.05) is 0 Å². The van der Waals surface area contributed by atoms with E-state index in [2.05, 4.69) is 0 Å². The largest absolute Gasteiger partial charge is 0.417 e. The molecule has 17 heavy (non-hydrogen) atoms. The lowest BCUT2D eigenvalue weighted by molar-refractivity contribution is -0.142. The van der Waals surface area contributed by atoms with Gasteiger partial charge in [-0.05, 0) is 6.07 Å². The molecule has 0 saturated heterocycles. The van der Waals surface area contributed by atoms with Crippen LogP contribution in [0.1, 0.15) is 11.1 Å². The highest BCUT2D eigenvalue weighted by Gasteiger charge is 2.41. The molecular weight excluding hydrogens is 316 g/mol. The van der Waals surface area contributed by atoms with Gasteiger partial charge in [-0.2, -0.15) is 26.3 Å². The van der Waals surface area contributed by atoms with E-state index in [1.165, 1.54) is 0 Å². The van der Waals surface area contributed by atoms with Crippen molar-refractivity contribution in [2.75, 3.05) is 0 Å². The summed E-state index contributed by atoms with van der Waals surface area (Å²) in [6.07, 6.45) is -10.1. The van der Waals surface area contributed by atoms with Crippen molar-refractivity contribution in [1.29, 1.82) is 0 Å². The molecule has 9 heteroatoms. The fourth-order valence-corrected chi connectivity index (χ4v) is 1.78. The zero-order valence-corrected chi connectivity index (χ0v) is 9.75. The summed E-state index contributed by atoms with van der Waals surface area (Å²) in [5, 5.41) is -3.09. The lowest BCUT2D eigenvalue weighted by atomic mass is 10.1. The second-order valence-corrected chi connectivity index (χ2v) is 4.04. The van der Waals surface area contributed by atoms with Crippen LogP contribution in [0.15, 0.2) is 6.07 Å². The van der Waals surface area contributed by atoms with Gasteiger partial charge in [-0.3, -0.25) is 0 Å². The molecule has 0 aliphatic rings. The van der Waals surface area contributed by atoms with E-state index in [0.29, 0.717) is 0 Å². The van der Waals surface area contributed by atoms with E-state index >= 15 is 0 Å². The maximum atomic E-state index is 12.4. The van der Waals surface area contributed by atoms with Crippen molar-refractivity contribution in [1.82, 2.24) is 0 Å². The average molecular weight is 317 g/mol. The van der Waals surface area contributed by atoms with Crippen LogP contribution in [0.2, 0.25) is 15.1 Å². The van der Waals surface area contributed by atoms with Crippen LogP contribution in [0.5, 0.6) is 0 Å². The summed E-state index contributed by atoms with van der Waals surface area (Å²) in [6.45, 7) is 0. The maximum Gasteiger partial charge on any atom is 0.417 e. The van der Waals surface area contributed by atoms with Crippen molar-refractivity contribution in [3.05, 3.63) is 32.3 Å². The quantitative estimate of drug-likeness (QED) is 0.426. The Hall–Kier alpha value is -0.330. The minimum absolute atomic E-state index is 0.170. The molecule has 0 amide bonds. The molecule has 0 aliphatic carbocycles. The summed E-state index contributed by atoms with van der Waals surface area (Å²) < 4.78 is 74.3. The molecule has 0 aromatic heterocycles. The molecule has 0 heterocycles. The third kappa shape index (κ3) is 2.92. The van der Waals surface area contributed by atoms with Crippen molar-refractivity contribution in [2.45, 2.75) is 12.4 Å². The van der Waals surface area contributed by atoms with Crippen LogP contribution in [0.25, 0.3) is 0 Å². The summed E-state index contributed by atoms with van der Waals surface area (Å²) in [7, 11) is 0. The van der Waals surface area contributed by atoms with Gasteiger partial charge < -0.3 is 0 Å². The van der Waals surface area contributed by atoms with Crippen molar-refractivity contribution in [3.8, 4) is 0 Å². The summed E-state index contributed by atoms with van der Waals surface area (Å²) in [6, 6.07) is -0.170. The minimum atomic E-state index is -5.05. The van der Waals surface area contributed by atoms with Crippen LogP contribution in [-0.4, -0.2) is 0 Å². The summed E-state index contributed by atoms with van der Waals surface area (Å²) in [5.41, 5.74) is -3.36. The lowest BCUT2D eigenvalue weighted by Gasteiger charge is -2.16. The molecule has 1 rings (SSSR count). The fourth-order valence-electron chi connectivity index (χ4n) is 1.02. The minimum Gasteiger partial charge on any atom is -0.166 e. The van der Waals surface area contributed by atoms with Gasteiger partial charge in [-0.15, -0.1) is 0 Å². The van der Waals surface area contributed by atoms with Crippen LogP contribution in [0, 0.1) is 0 Å². The van der Waals surface area contributed by atoms with Crippen molar-refractivity contribution in [3.63, 3.8) is 0 Å². The lowest BCUT2D eigenvalue weighted by Crippen LogP contribution is -2.12. The Morgan fingerprint density at radius 3 is 1.18 bits per heavy atom. The van der Waals surface area contributed by atoms with Gasteiger partial charge in [0.1, 0.15) is 0 Å². The van der Waals surface area contributed by atoms with Crippen molar-refractivity contribution < 1.29 is 26.3 Å². The van der Waals surface area contributed by atoms with Crippen LogP contribution in [-0.2, 0) is 12.4 Å². The van der Waals surface area contributed by atoms with E-state index in [1.54, 1.807) is 0 Å². The Kier molecular flexibility index (Phi) is 3.82. The average Bonchev–Trinajstić information content (AvgIpc) is 2.10. The predicted octanol–water partition coefficient (Wildman–Crippen LogP) is 5.68. The molecule has 0 spiro atoms. The van der Waals surface area contributed by atoms with Crippen LogP contribution >= 0.6 is 34.8 Å². The highest BCUT2D eigenvalue weighted by molar-refractivity contribution is 6.48. The molecule has 96 valence electrons. The predicted molar refractivity (Wildman–Crippen MR) is 51.5 cm³/mol. The molecule has 0 atom stereocenters. The highest BCUT2D eigenvalue weighted by atomic mass is 35.5. The van der Waals surface area contributed by atoms with Gasteiger partial charge in [0.05, 0.1) is 26.2 Å². The third-order valence-corrected chi connectivity index (χ3v) is 3.11. The summed E-state index contributed by atoms with van der Waals surface area (Å²) in [4.78, 5) is 0. The molecular formula is C8HCl3F6. The zero-order valence-electron chi connectivity index (χ0n) is 7.48. The van der Waals surface area contributed by atoms with Crippen LogP contribution in [0.4, 0.5) is 26.3 Å².